The number of hydrogen-bond donors (Lipinski definition) is 3. The molecule has 0 radical (unpaired) electrons. The Labute approximate surface area is 124 Å². The summed E-state index contributed by atoms with van der Waals surface area (Å²) in [5, 5.41) is 6.68. The van der Waals surface area contributed by atoms with Gasteiger partial charge in [-0.3, -0.25) is 9.59 Å². The molecule has 0 aromatic heterocycles. The molecule has 4 N–H and O–H groups in total. The fraction of sp³-hybridized carbons (Fsp3) is 0.500. The monoisotopic (exact) mass is 287 g/mol. The summed E-state index contributed by atoms with van der Waals surface area (Å²) in [7, 11) is 0. The summed E-state index contributed by atoms with van der Waals surface area (Å²) in [5.74, 6) is -0.639. The van der Waals surface area contributed by atoms with Crippen LogP contribution < -0.4 is 16.4 Å². The van der Waals surface area contributed by atoms with Gasteiger partial charge in [-0.15, -0.1) is 0 Å². The molecule has 1 heterocycles. The quantitative estimate of drug-likeness (QED) is 0.780. The van der Waals surface area contributed by atoms with Gasteiger partial charge in [0.1, 0.15) is 0 Å². The minimum atomic E-state index is -0.514. The van der Waals surface area contributed by atoms with E-state index in [9.17, 15) is 9.59 Å². The van der Waals surface area contributed by atoms with E-state index >= 15 is 0 Å². The molecule has 1 atom stereocenters. The molecular weight excluding hydrogens is 266 g/mol. The van der Waals surface area contributed by atoms with Gasteiger partial charge < -0.3 is 16.4 Å². The van der Waals surface area contributed by atoms with Gasteiger partial charge in [0.05, 0.1) is 0 Å². The van der Waals surface area contributed by atoms with Crippen LogP contribution in [0.25, 0.3) is 0 Å². The molecular formula is C16H21N3O2. The number of nitrogens with one attached hydrogen (secondary N) is 2. The molecule has 1 unspecified atom stereocenters. The Bertz CT molecular complexity index is 566. The predicted octanol–water partition coefficient (Wildman–Crippen LogP) is 1.19. The van der Waals surface area contributed by atoms with Gasteiger partial charge in [0.15, 0.2) is 0 Å². The lowest BCUT2D eigenvalue weighted by molar-refractivity contribution is 0.0853. The molecule has 2 amide bonds. The first-order valence-corrected chi connectivity index (χ1v) is 7.54. The maximum absolute atomic E-state index is 12.3. The van der Waals surface area contributed by atoms with Gasteiger partial charge in [-0.1, -0.05) is 6.07 Å². The largest absolute Gasteiger partial charge is 0.366 e. The third-order valence-corrected chi connectivity index (χ3v) is 4.69. The van der Waals surface area contributed by atoms with E-state index in [0.29, 0.717) is 11.1 Å². The molecule has 5 nitrogen and oxygen atoms in total. The molecule has 5 heteroatoms. The number of rotatable bonds is 3. The summed E-state index contributed by atoms with van der Waals surface area (Å²) in [6.45, 7) is 0.951. The Hall–Kier alpha value is -1.88. The molecule has 1 aromatic rings. The number of hydrogen-bond acceptors (Lipinski definition) is 3. The van der Waals surface area contributed by atoms with Gasteiger partial charge in [0.25, 0.3) is 5.91 Å². The second-order valence-corrected chi connectivity index (χ2v) is 6.17. The van der Waals surface area contributed by atoms with Gasteiger partial charge in [-0.2, -0.15) is 0 Å². The lowest BCUT2D eigenvalue weighted by Crippen LogP contribution is -2.59. The van der Waals surface area contributed by atoms with Crippen molar-refractivity contribution in [1.29, 1.82) is 0 Å². The van der Waals surface area contributed by atoms with Gasteiger partial charge in [-0.05, 0) is 56.8 Å². The average molecular weight is 287 g/mol. The highest BCUT2D eigenvalue weighted by molar-refractivity contribution is 5.99. The zero-order valence-corrected chi connectivity index (χ0v) is 12.0. The second kappa shape index (κ2) is 5.48. The molecule has 1 saturated carbocycles. The van der Waals surface area contributed by atoms with Crippen LogP contribution in [0.4, 0.5) is 0 Å². The fourth-order valence-electron chi connectivity index (χ4n) is 3.35. The summed E-state index contributed by atoms with van der Waals surface area (Å²) in [4.78, 5) is 23.5. The number of primary amides is 1. The molecule has 1 saturated heterocycles. The topological polar surface area (TPSA) is 84.2 Å². The van der Waals surface area contributed by atoms with E-state index in [2.05, 4.69) is 10.6 Å². The van der Waals surface area contributed by atoms with Crippen molar-refractivity contribution in [3.05, 3.63) is 35.4 Å². The average Bonchev–Trinajstić information content (AvgIpc) is 2.46. The normalized spacial score (nSPS) is 23.3. The second-order valence-electron chi connectivity index (χ2n) is 6.17. The summed E-state index contributed by atoms with van der Waals surface area (Å²) in [5.41, 5.74) is 6.36. The zero-order chi connectivity index (χ0) is 14.9. The van der Waals surface area contributed by atoms with Crippen molar-refractivity contribution in [3.8, 4) is 0 Å². The lowest BCUT2D eigenvalue weighted by atomic mass is 9.70. The van der Waals surface area contributed by atoms with Crippen molar-refractivity contribution in [3.63, 3.8) is 0 Å². The number of piperidine rings is 1. The molecule has 2 fully saturated rings. The lowest BCUT2D eigenvalue weighted by Gasteiger charge is -2.48. The summed E-state index contributed by atoms with van der Waals surface area (Å²) in [6.07, 6.45) is 5.62. The van der Waals surface area contributed by atoms with Crippen LogP contribution in [0.1, 0.15) is 52.8 Å². The third-order valence-electron chi connectivity index (χ3n) is 4.69. The Morgan fingerprint density at radius 2 is 2.05 bits per heavy atom. The van der Waals surface area contributed by atoms with Gasteiger partial charge >= 0.3 is 0 Å². The number of amides is 2. The first-order valence-electron chi connectivity index (χ1n) is 7.54. The van der Waals surface area contributed by atoms with E-state index in [1.54, 1.807) is 24.3 Å². The number of nitrogens with two attached hydrogens (primary N) is 1. The Morgan fingerprint density at radius 1 is 1.29 bits per heavy atom. The SMILES string of the molecule is NC(=O)c1cccc(C(=O)NC2CCNC3(CCC3)C2)c1. The van der Waals surface area contributed by atoms with Crippen LogP contribution in [0.15, 0.2) is 24.3 Å². The van der Waals surface area contributed by atoms with Gasteiger partial charge in [0.2, 0.25) is 5.91 Å². The number of carbonyl (C=O) groups is 2. The Kier molecular flexibility index (Phi) is 3.68. The third kappa shape index (κ3) is 2.93. The van der Waals surface area contributed by atoms with E-state index < -0.39 is 5.91 Å². The predicted molar refractivity (Wildman–Crippen MR) is 80.0 cm³/mol. The molecule has 3 rings (SSSR count). The Balaban J connectivity index is 1.65. The van der Waals surface area contributed by atoms with Crippen LogP contribution in [0.5, 0.6) is 0 Å². The van der Waals surface area contributed by atoms with E-state index in [0.717, 1.165) is 19.4 Å². The molecule has 1 spiro atoms. The van der Waals surface area contributed by atoms with Crippen molar-refractivity contribution in [1.82, 2.24) is 10.6 Å². The number of carbonyl (C=O) groups excluding carboxylic acids is 2. The molecule has 21 heavy (non-hydrogen) atoms. The van der Waals surface area contributed by atoms with Crippen molar-refractivity contribution in [2.45, 2.75) is 43.7 Å². The van der Waals surface area contributed by atoms with Crippen LogP contribution in [0.2, 0.25) is 0 Å². The first-order chi connectivity index (χ1) is 10.1. The summed E-state index contributed by atoms with van der Waals surface area (Å²) in [6, 6.07) is 6.77. The zero-order valence-electron chi connectivity index (χ0n) is 12.0. The van der Waals surface area contributed by atoms with Crippen LogP contribution in [0.3, 0.4) is 0 Å². The minimum absolute atomic E-state index is 0.125. The molecule has 1 aliphatic heterocycles. The Morgan fingerprint density at radius 3 is 2.71 bits per heavy atom. The van der Waals surface area contributed by atoms with Gasteiger partial charge in [-0.25, -0.2) is 0 Å². The minimum Gasteiger partial charge on any atom is -0.366 e. The molecule has 112 valence electrons. The number of benzene rings is 1. The molecule has 2 aliphatic rings. The summed E-state index contributed by atoms with van der Waals surface area (Å²) >= 11 is 0. The van der Waals surface area contributed by atoms with Crippen molar-refractivity contribution in [2.24, 2.45) is 5.73 Å². The van der Waals surface area contributed by atoms with Crippen LogP contribution in [-0.2, 0) is 0 Å². The fourth-order valence-corrected chi connectivity index (χ4v) is 3.35. The van der Waals surface area contributed by atoms with Crippen LogP contribution in [-0.4, -0.2) is 29.9 Å². The maximum atomic E-state index is 12.3. The van der Waals surface area contributed by atoms with Crippen molar-refractivity contribution >= 4 is 11.8 Å². The molecule has 1 aliphatic carbocycles. The van der Waals surface area contributed by atoms with Crippen molar-refractivity contribution < 1.29 is 9.59 Å². The highest BCUT2D eigenvalue weighted by Crippen LogP contribution is 2.38. The highest BCUT2D eigenvalue weighted by Gasteiger charge is 2.41. The molecule has 0 bridgehead atoms. The standard InChI is InChI=1S/C16H21N3O2/c17-14(20)11-3-1-4-12(9-11)15(21)19-13-5-8-18-16(10-13)6-2-7-16/h1,3-4,9,13,18H,2,5-8,10H2,(H2,17,20)(H,19,21). The highest BCUT2D eigenvalue weighted by atomic mass is 16.2. The van der Waals surface area contributed by atoms with E-state index in [1.807, 2.05) is 0 Å². The molecule has 1 aromatic carbocycles. The van der Waals surface area contributed by atoms with E-state index in [4.69, 9.17) is 5.73 Å². The van der Waals surface area contributed by atoms with Crippen molar-refractivity contribution in [2.75, 3.05) is 6.54 Å². The van der Waals surface area contributed by atoms with Crippen LogP contribution in [0, 0.1) is 0 Å². The summed E-state index contributed by atoms with van der Waals surface area (Å²) < 4.78 is 0. The smallest absolute Gasteiger partial charge is 0.251 e. The van der Waals surface area contributed by atoms with E-state index in [1.165, 1.54) is 19.3 Å². The maximum Gasteiger partial charge on any atom is 0.251 e. The van der Waals surface area contributed by atoms with Gasteiger partial charge in [0, 0.05) is 22.7 Å². The van der Waals surface area contributed by atoms with E-state index in [-0.39, 0.29) is 17.5 Å². The van der Waals surface area contributed by atoms with Crippen LogP contribution >= 0.6 is 0 Å². The first kappa shape index (κ1) is 14.1.